The average molecular weight is 496 g/mol. The molecule has 0 bridgehead atoms. The van der Waals surface area contributed by atoms with Crippen LogP contribution < -0.4 is 4.74 Å². The summed E-state index contributed by atoms with van der Waals surface area (Å²) in [4.78, 5) is 4.70. The molecule has 8 heteroatoms. The summed E-state index contributed by atoms with van der Waals surface area (Å²) in [5.74, 6) is 0.783. The summed E-state index contributed by atoms with van der Waals surface area (Å²) in [7, 11) is -0.127. The molecule has 0 amide bonds. The normalized spacial score (nSPS) is 12.9. The van der Waals surface area contributed by atoms with E-state index in [-0.39, 0.29) is 11.8 Å². The Morgan fingerprint density at radius 2 is 1.85 bits per heavy atom. The number of rotatable bonds is 9. The smallest absolute Gasteiger partial charge is 0.192 e. The molecule has 2 heterocycles. The number of hydrogen-bond donors (Lipinski definition) is 0. The highest BCUT2D eigenvalue weighted by Gasteiger charge is 2.36. The van der Waals surface area contributed by atoms with Crippen molar-refractivity contribution in [1.29, 1.82) is 0 Å². The zero-order chi connectivity index (χ0) is 24.3. The number of aromatic nitrogens is 3. The van der Waals surface area contributed by atoms with E-state index in [1.807, 2.05) is 22.9 Å². The lowest BCUT2D eigenvalue weighted by atomic mass is 10.1. The minimum absolute atomic E-state index is 0.215. The molecule has 0 spiro atoms. The zero-order valence-corrected chi connectivity index (χ0v) is 22.6. The SMILES string of the molecule is COCOc1ccc2nc(/C=C/c3ccc4nn(CCO[Si](C)(C)C(C)(C)C)cc4c3)sc2c1. The number of ether oxygens (including phenoxy) is 2. The van der Waals surface area contributed by atoms with Crippen molar-refractivity contribution < 1.29 is 13.9 Å². The van der Waals surface area contributed by atoms with Crippen molar-refractivity contribution in [3.05, 3.63) is 53.2 Å². The number of methoxy groups -OCH3 is 1. The van der Waals surface area contributed by atoms with Crippen LogP contribution in [0.4, 0.5) is 0 Å². The lowest BCUT2D eigenvalue weighted by molar-refractivity contribution is 0.0512. The molecule has 6 nitrogen and oxygen atoms in total. The van der Waals surface area contributed by atoms with Crippen LogP contribution in [0.3, 0.4) is 0 Å². The predicted octanol–water partition coefficient (Wildman–Crippen LogP) is 6.82. The summed E-state index contributed by atoms with van der Waals surface area (Å²) in [5.41, 5.74) is 3.08. The lowest BCUT2D eigenvalue weighted by Crippen LogP contribution is -2.41. The third-order valence-corrected chi connectivity index (χ3v) is 11.8. The summed E-state index contributed by atoms with van der Waals surface area (Å²) in [5, 5.41) is 7.00. The van der Waals surface area contributed by atoms with Gasteiger partial charge in [0.25, 0.3) is 0 Å². The summed E-state index contributed by atoms with van der Waals surface area (Å²) >= 11 is 1.64. The molecular weight excluding hydrogens is 462 g/mol. The van der Waals surface area contributed by atoms with E-state index in [0.29, 0.717) is 6.61 Å². The van der Waals surface area contributed by atoms with Gasteiger partial charge >= 0.3 is 0 Å². The summed E-state index contributed by atoms with van der Waals surface area (Å²) in [6.07, 6.45) is 6.25. The van der Waals surface area contributed by atoms with Crippen LogP contribution in [0.1, 0.15) is 31.3 Å². The molecule has 0 aliphatic heterocycles. The molecule has 0 N–H and O–H groups in total. The average Bonchev–Trinajstić information content (AvgIpc) is 3.37. The molecule has 0 fully saturated rings. The molecule has 0 aliphatic carbocycles. The van der Waals surface area contributed by atoms with Crippen LogP contribution in [0.2, 0.25) is 18.1 Å². The summed E-state index contributed by atoms with van der Waals surface area (Å²) < 4.78 is 19.9. The summed E-state index contributed by atoms with van der Waals surface area (Å²) in [6.45, 7) is 13.0. The van der Waals surface area contributed by atoms with Gasteiger partial charge in [-0.25, -0.2) is 4.98 Å². The predicted molar refractivity (Wildman–Crippen MR) is 144 cm³/mol. The molecule has 4 aromatic rings. The third-order valence-electron chi connectivity index (χ3n) is 6.30. The van der Waals surface area contributed by atoms with Crippen LogP contribution in [-0.2, 0) is 15.7 Å². The molecule has 0 radical (unpaired) electrons. The quantitative estimate of drug-likeness (QED) is 0.188. The zero-order valence-electron chi connectivity index (χ0n) is 20.8. The van der Waals surface area contributed by atoms with Gasteiger partial charge in [0.05, 0.1) is 28.9 Å². The largest absolute Gasteiger partial charge is 0.468 e. The second kappa shape index (κ2) is 9.99. The monoisotopic (exact) mass is 495 g/mol. The Labute approximate surface area is 206 Å². The molecule has 2 aromatic heterocycles. The maximum Gasteiger partial charge on any atom is 0.192 e. The van der Waals surface area contributed by atoms with E-state index in [2.05, 4.69) is 70.4 Å². The Hall–Kier alpha value is -2.52. The highest BCUT2D eigenvalue weighted by Crippen LogP contribution is 2.36. The molecule has 180 valence electrons. The minimum Gasteiger partial charge on any atom is -0.468 e. The number of nitrogens with zero attached hydrogens (tertiary/aromatic N) is 3. The van der Waals surface area contributed by atoms with E-state index < -0.39 is 8.32 Å². The lowest BCUT2D eigenvalue weighted by Gasteiger charge is -2.36. The first-order valence-corrected chi connectivity index (χ1v) is 15.2. The van der Waals surface area contributed by atoms with E-state index in [1.54, 1.807) is 18.4 Å². The number of benzene rings is 2. The van der Waals surface area contributed by atoms with E-state index in [1.165, 1.54) is 0 Å². The van der Waals surface area contributed by atoms with E-state index in [0.717, 1.165) is 44.0 Å². The van der Waals surface area contributed by atoms with Gasteiger partial charge in [-0.15, -0.1) is 11.3 Å². The standard InChI is InChI=1S/C26H33N3O3SSi/c1-26(2,3)34(5,6)32-14-13-29-17-20-15-19(7-10-22(20)28-29)8-12-25-27-23-11-9-21(31-18-30-4)16-24(23)33-25/h7-12,15-17H,13-14,18H2,1-6H3/b12-8+. The van der Waals surface area contributed by atoms with Gasteiger partial charge in [-0.2, -0.15) is 5.10 Å². The first-order valence-electron chi connectivity index (χ1n) is 11.5. The fraction of sp³-hybridized carbons (Fsp3) is 0.385. The van der Waals surface area contributed by atoms with Crippen molar-refractivity contribution in [3.8, 4) is 5.75 Å². The molecule has 34 heavy (non-hydrogen) atoms. The second-order valence-electron chi connectivity index (χ2n) is 9.89. The Morgan fingerprint density at radius 1 is 1.06 bits per heavy atom. The van der Waals surface area contributed by atoms with Crippen molar-refractivity contribution >= 4 is 52.9 Å². The van der Waals surface area contributed by atoms with Crippen molar-refractivity contribution in [2.24, 2.45) is 0 Å². The fourth-order valence-corrected chi connectivity index (χ4v) is 5.24. The summed E-state index contributed by atoms with van der Waals surface area (Å²) in [6, 6.07) is 12.2. The highest BCUT2D eigenvalue weighted by atomic mass is 32.1. The Balaban J connectivity index is 1.43. The van der Waals surface area contributed by atoms with Gasteiger partial charge in [0.1, 0.15) is 10.8 Å². The van der Waals surface area contributed by atoms with Gasteiger partial charge in [-0.1, -0.05) is 32.9 Å². The second-order valence-corrected chi connectivity index (χ2v) is 15.8. The van der Waals surface area contributed by atoms with Crippen molar-refractivity contribution in [3.63, 3.8) is 0 Å². The maximum atomic E-state index is 6.30. The van der Waals surface area contributed by atoms with Crippen LogP contribution in [0, 0.1) is 0 Å². The molecule has 0 atom stereocenters. The molecule has 0 unspecified atom stereocenters. The van der Waals surface area contributed by atoms with E-state index in [4.69, 9.17) is 24.0 Å². The third kappa shape index (κ3) is 5.75. The van der Waals surface area contributed by atoms with Crippen molar-refractivity contribution in [2.45, 2.75) is 45.4 Å². The van der Waals surface area contributed by atoms with Gasteiger partial charge in [0.15, 0.2) is 15.1 Å². The molecule has 0 aliphatic rings. The topological polar surface area (TPSA) is 58.4 Å². The fourth-order valence-electron chi connectivity index (χ4n) is 3.30. The minimum atomic E-state index is -1.74. The van der Waals surface area contributed by atoms with Gasteiger partial charge in [0, 0.05) is 18.7 Å². The van der Waals surface area contributed by atoms with Crippen LogP contribution >= 0.6 is 11.3 Å². The van der Waals surface area contributed by atoms with Gasteiger partial charge in [-0.05, 0) is 60.1 Å². The number of fused-ring (bicyclic) bond motifs is 2. The van der Waals surface area contributed by atoms with Crippen LogP contribution in [0.15, 0.2) is 42.6 Å². The molecule has 2 aromatic carbocycles. The Morgan fingerprint density at radius 3 is 2.62 bits per heavy atom. The van der Waals surface area contributed by atoms with Gasteiger partial charge < -0.3 is 13.9 Å². The van der Waals surface area contributed by atoms with Crippen LogP contribution in [-0.4, -0.2) is 43.6 Å². The van der Waals surface area contributed by atoms with E-state index >= 15 is 0 Å². The highest BCUT2D eigenvalue weighted by molar-refractivity contribution is 7.19. The molecular formula is C26H33N3O3SSi. The Kier molecular flexibility index (Phi) is 7.23. The van der Waals surface area contributed by atoms with Crippen LogP contribution in [0.25, 0.3) is 33.3 Å². The first-order chi connectivity index (χ1) is 16.1. The number of hydrogen-bond acceptors (Lipinski definition) is 6. The van der Waals surface area contributed by atoms with E-state index in [9.17, 15) is 0 Å². The van der Waals surface area contributed by atoms with Gasteiger partial charge in [-0.3, -0.25) is 4.68 Å². The van der Waals surface area contributed by atoms with Crippen LogP contribution in [0.5, 0.6) is 5.75 Å². The van der Waals surface area contributed by atoms with Crippen molar-refractivity contribution in [1.82, 2.24) is 14.8 Å². The molecule has 0 saturated carbocycles. The van der Waals surface area contributed by atoms with Gasteiger partial charge in [0.2, 0.25) is 0 Å². The molecule has 0 saturated heterocycles. The van der Waals surface area contributed by atoms with Crippen molar-refractivity contribution in [2.75, 3.05) is 20.5 Å². The molecule has 4 rings (SSSR count). The first kappa shape index (κ1) is 24.6. The maximum absolute atomic E-state index is 6.30. The number of thiazole rings is 1. The Bertz CT molecular complexity index is 1300.